The van der Waals surface area contributed by atoms with Crippen molar-refractivity contribution in [2.75, 3.05) is 71.2 Å². The summed E-state index contributed by atoms with van der Waals surface area (Å²) < 4.78 is 23.7. The van der Waals surface area contributed by atoms with E-state index in [-0.39, 0.29) is 36.1 Å². The van der Waals surface area contributed by atoms with Crippen LogP contribution in [-0.4, -0.2) is 114 Å². The Hall–Kier alpha value is -3.25. The van der Waals surface area contributed by atoms with Gasteiger partial charge in [-0.3, -0.25) is 24.9 Å². The molecule has 0 spiro atoms. The smallest absolute Gasteiger partial charge is 0.299 e. The summed E-state index contributed by atoms with van der Waals surface area (Å²) in [5, 5.41) is 52.9. The van der Waals surface area contributed by atoms with Gasteiger partial charge in [0.15, 0.2) is 0 Å². The first kappa shape index (κ1) is 31.3. The second kappa shape index (κ2) is 16.1. The molecule has 0 saturated carbocycles. The Balaban J connectivity index is 1.15. The third-order valence-electron chi connectivity index (χ3n) is 6.25. The molecule has 0 unspecified atom stereocenters. The molecule has 1 fully saturated rings. The number of nitrogens with zero attached hydrogens (tertiary/aromatic N) is 4. The quantitative estimate of drug-likeness (QED) is 0.108. The highest BCUT2D eigenvalue weighted by molar-refractivity contribution is 5.65. The maximum atomic E-state index is 11.1. The van der Waals surface area contributed by atoms with Crippen LogP contribution in [0.4, 0.5) is 17.1 Å². The van der Waals surface area contributed by atoms with Gasteiger partial charge in [-0.2, -0.15) is 5.10 Å². The van der Waals surface area contributed by atoms with Crippen LogP contribution in [0.5, 0.6) is 0 Å². The average molecular weight is 569 g/mol. The van der Waals surface area contributed by atoms with Gasteiger partial charge in [0, 0.05) is 44.9 Å². The number of nitro groups is 2. The summed E-state index contributed by atoms with van der Waals surface area (Å²) in [7, 11) is 1.79. The SMILES string of the molecule is Cn1cc([C@@H]2CO[C@H](CNCCOCCOCCOCCNc3ccc([N+](=O)[O-])cc3[N+](=O)[O-])[C@H](O)[C@@H]2O)cn1. The van der Waals surface area contributed by atoms with Crippen LogP contribution in [0, 0.1) is 20.2 Å². The molecular weight excluding hydrogens is 532 g/mol. The fourth-order valence-corrected chi connectivity index (χ4v) is 4.11. The standard InChI is InChI=1S/C24H36N6O10/c1-28-15-17(13-27-28)19-16-40-22(24(32)23(19)31)14-25-4-6-37-8-10-39-11-9-38-7-5-26-20-3-2-18(29(33)34)12-21(20)30(35)36/h2-3,12-13,15,19,22-26,31-32H,4-11,14,16H2,1H3/t19-,22+,23+,24-/m0/s1. The van der Waals surface area contributed by atoms with Crippen LogP contribution in [0.2, 0.25) is 0 Å². The zero-order chi connectivity index (χ0) is 28.9. The van der Waals surface area contributed by atoms with Gasteiger partial charge in [0.2, 0.25) is 0 Å². The van der Waals surface area contributed by atoms with E-state index < -0.39 is 28.2 Å². The normalized spacial score (nSPS) is 20.9. The third kappa shape index (κ3) is 9.44. The number of ether oxygens (including phenoxy) is 4. The zero-order valence-electron chi connectivity index (χ0n) is 22.2. The first-order valence-electron chi connectivity index (χ1n) is 12.8. The van der Waals surface area contributed by atoms with E-state index in [0.717, 1.165) is 11.6 Å². The molecule has 2 heterocycles. The lowest BCUT2D eigenvalue weighted by molar-refractivity contribution is -0.393. The maximum Gasteiger partial charge on any atom is 0.299 e. The molecule has 4 atom stereocenters. The second-order valence-corrected chi connectivity index (χ2v) is 9.09. The molecule has 222 valence electrons. The maximum absolute atomic E-state index is 11.1. The van der Waals surface area contributed by atoms with Crippen molar-refractivity contribution in [1.29, 1.82) is 0 Å². The molecule has 16 heteroatoms. The van der Waals surface area contributed by atoms with Crippen LogP contribution in [0.3, 0.4) is 0 Å². The molecule has 1 aliphatic rings. The molecule has 40 heavy (non-hydrogen) atoms. The molecule has 1 saturated heterocycles. The second-order valence-electron chi connectivity index (χ2n) is 9.09. The summed E-state index contributed by atoms with van der Waals surface area (Å²) >= 11 is 0. The Morgan fingerprint density at radius 2 is 1.70 bits per heavy atom. The molecule has 0 amide bonds. The van der Waals surface area contributed by atoms with E-state index in [4.69, 9.17) is 18.9 Å². The number of aryl methyl sites for hydroxylation is 1. The largest absolute Gasteiger partial charge is 0.390 e. The predicted molar refractivity (Wildman–Crippen MR) is 141 cm³/mol. The van der Waals surface area contributed by atoms with Gasteiger partial charge >= 0.3 is 0 Å². The minimum absolute atomic E-state index is 0.177. The van der Waals surface area contributed by atoms with Gasteiger partial charge in [-0.25, -0.2) is 0 Å². The van der Waals surface area contributed by atoms with E-state index in [0.29, 0.717) is 52.7 Å². The van der Waals surface area contributed by atoms with Gasteiger partial charge in [-0.1, -0.05) is 0 Å². The third-order valence-corrected chi connectivity index (χ3v) is 6.25. The van der Waals surface area contributed by atoms with Crippen LogP contribution in [-0.2, 0) is 26.0 Å². The number of nitrogens with one attached hydrogen (secondary N) is 2. The predicted octanol–water partition coefficient (Wildman–Crippen LogP) is 0.192. The molecule has 0 aliphatic carbocycles. The average Bonchev–Trinajstić information content (AvgIpc) is 3.36. The van der Waals surface area contributed by atoms with Crippen molar-refractivity contribution in [2.24, 2.45) is 7.05 Å². The topological polar surface area (TPSA) is 206 Å². The Kier molecular flexibility index (Phi) is 12.6. The van der Waals surface area contributed by atoms with Crippen LogP contribution in [0.15, 0.2) is 30.6 Å². The van der Waals surface area contributed by atoms with Crippen LogP contribution < -0.4 is 10.6 Å². The van der Waals surface area contributed by atoms with E-state index >= 15 is 0 Å². The molecule has 1 aliphatic heterocycles. The summed E-state index contributed by atoms with van der Waals surface area (Å²) in [4.78, 5) is 20.6. The fraction of sp³-hybridized carbons (Fsp3) is 0.625. The Bertz CT molecular complexity index is 1090. The molecular formula is C24H36N6O10. The minimum atomic E-state index is -1.01. The summed E-state index contributed by atoms with van der Waals surface area (Å²) in [5.41, 5.74) is 0.279. The Morgan fingerprint density at radius 1 is 1.02 bits per heavy atom. The van der Waals surface area contributed by atoms with Crippen molar-refractivity contribution >= 4 is 17.1 Å². The van der Waals surface area contributed by atoms with Gasteiger partial charge in [0.05, 0.1) is 80.6 Å². The molecule has 0 radical (unpaired) electrons. The molecule has 16 nitrogen and oxygen atoms in total. The van der Waals surface area contributed by atoms with Gasteiger partial charge in [-0.05, 0) is 11.6 Å². The summed E-state index contributed by atoms with van der Waals surface area (Å²) in [5.74, 6) is -0.322. The van der Waals surface area contributed by atoms with Gasteiger partial charge in [0.25, 0.3) is 11.4 Å². The first-order valence-corrected chi connectivity index (χ1v) is 12.8. The van der Waals surface area contributed by atoms with E-state index in [1.165, 1.54) is 12.1 Å². The van der Waals surface area contributed by atoms with E-state index in [2.05, 4.69) is 15.7 Å². The number of rotatable bonds is 18. The highest BCUT2D eigenvalue weighted by Gasteiger charge is 2.39. The Morgan fingerprint density at radius 3 is 2.33 bits per heavy atom. The summed E-state index contributed by atoms with van der Waals surface area (Å²) in [6.45, 7) is 3.63. The molecule has 0 bridgehead atoms. The first-order chi connectivity index (χ1) is 19.3. The molecule has 1 aromatic carbocycles. The van der Waals surface area contributed by atoms with Crippen LogP contribution in [0.1, 0.15) is 11.5 Å². The van der Waals surface area contributed by atoms with E-state index in [1.54, 1.807) is 24.1 Å². The lowest BCUT2D eigenvalue weighted by Gasteiger charge is -2.37. The van der Waals surface area contributed by atoms with Gasteiger partial charge in [0.1, 0.15) is 11.8 Å². The lowest BCUT2D eigenvalue weighted by Crippen LogP contribution is -2.52. The number of benzene rings is 1. The number of non-ortho nitro benzene ring substituents is 1. The van der Waals surface area contributed by atoms with E-state index in [1.807, 2.05) is 0 Å². The van der Waals surface area contributed by atoms with Crippen LogP contribution >= 0.6 is 0 Å². The van der Waals surface area contributed by atoms with Crippen molar-refractivity contribution in [2.45, 2.75) is 24.2 Å². The molecule has 3 rings (SSSR count). The van der Waals surface area contributed by atoms with Crippen molar-refractivity contribution in [3.05, 3.63) is 56.4 Å². The number of hydrogen-bond acceptors (Lipinski definition) is 13. The minimum Gasteiger partial charge on any atom is -0.390 e. The van der Waals surface area contributed by atoms with Crippen molar-refractivity contribution in [3.63, 3.8) is 0 Å². The number of hydrogen-bond donors (Lipinski definition) is 4. The van der Waals surface area contributed by atoms with E-state index in [9.17, 15) is 30.4 Å². The number of nitro benzene ring substituents is 2. The lowest BCUT2D eigenvalue weighted by atomic mass is 9.88. The van der Waals surface area contributed by atoms with Gasteiger partial charge in [-0.15, -0.1) is 0 Å². The van der Waals surface area contributed by atoms with Crippen molar-refractivity contribution < 1.29 is 39.0 Å². The number of aliphatic hydroxyl groups excluding tert-OH is 2. The highest BCUT2D eigenvalue weighted by atomic mass is 16.6. The molecule has 4 N–H and O–H groups in total. The summed E-state index contributed by atoms with van der Waals surface area (Å²) in [6, 6.07) is 3.41. The Labute approximate surface area is 230 Å². The van der Waals surface area contributed by atoms with Crippen molar-refractivity contribution in [1.82, 2.24) is 15.1 Å². The highest BCUT2D eigenvalue weighted by Crippen LogP contribution is 2.29. The van der Waals surface area contributed by atoms with Gasteiger partial charge < -0.3 is 39.8 Å². The van der Waals surface area contributed by atoms with Crippen LogP contribution in [0.25, 0.3) is 0 Å². The fourth-order valence-electron chi connectivity index (χ4n) is 4.11. The van der Waals surface area contributed by atoms with Crippen molar-refractivity contribution in [3.8, 4) is 0 Å². The molecule has 1 aromatic heterocycles. The number of anilines is 1. The summed E-state index contributed by atoms with van der Waals surface area (Å²) in [6.07, 6.45) is 0.997. The zero-order valence-corrected chi connectivity index (χ0v) is 22.2. The molecule has 2 aromatic rings. The monoisotopic (exact) mass is 568 g/mol. The number of aliphatic hydroxyl groups is 2. The number of aromatic nitrogens is 2.